The maximum Gasteiger partial charge on any atom is 0.187 e. The van der Waals surface area contributed by atoms with Gasteiger partial charge in [0.15, 0.2) is 5.16 Å². The molecule has 0 N–H and O–H groups in total. The van der Waals surface area contributed by atoms with Crippen LogP contribution < -0.4 is 0 Å². The Labute approximate surface area is 116 Å². The summed E-state index contributed by atoms with van der Waals surface area (Å²) in [5.41, 5.74) is 1.99. The fourth-order valence-corrected chi connectivity index (χ4v) is 2.53. The fraction of sp³-hybridized carbons (Fsp3) is 0.357. The van der Waals surface area contributed by atoms with Crippen molar-refractivity contribution in [1.29, 1.82) is 0 Å². The zero-order valence-corrected chi connectivity index (χ0v) is 12.3. The van der Waals surface area contributed by atoms with Gasteiger partial charge in [0.2, 0.25) is 0 Å². The third-order valence-corrected chi connectivity index (χ3v) is 3.64. The summed E-state index contributed by atoms with van der Waals surface area (Å²) >= 11 is 1.56. The average Bonchev–Trinajstić information content (AvgIpc) is 2.82. The summed E-state index contributed by atoms with van der Waals surface area (Å²) in [7, 11) is 0. The van der Waals surface area contributed by atoms with Crippen LogP contribution in [0.1, 0.15) is 20.8 Å². The quantitative estimate of drug-likeness (QED) is 0.502. The molecule has 0 fully saturated rings. The van der Waals surface area contributed by atoms with Crippen molar-refractivity contribution in [3.8, 4) is 0 Å². The largest absolute Gasteiger partial charge is 0.257 e. The first kappa shape index (κ1) is 12.4. The van der Waals surface area contributed by atoms with Gasteiger partial charge < -0.3 is 0 Å². The Morgan fingerprint density at radius 3 is 2.53 bits per heavy atom. The van der Waals surface area contributed by atoms with Gasteiger partial charge >= 0.3 is 0 Å². The fourth-order valence-electron chi connectivity index (χ4n) is 2.19. The molecule has 98 valence electrons. The van der Waals surface area contributed by atoms with Crippen LogP contribution in [0.25, 0.3) is 21.8 Å². The second-order valence-corrected chi connectivity index (χ2v) is 6.30. The maximum absolute atomic E-state index is 4.66. The van der Waals surface area contributed by atoms with Gasteiger partial charge in [0.1, 0.15) is 5.52 Å². The number of fused-ring (bicyclic) bond motifs is 3. The van der Waals surface area contributed by atoms with Gasteiger partial charge in [-0.15, -0.1) is 0 Å². The molecule has 2 aromatic heterocycles. The molecule has 0 radical (unpaired) electrons. The summed E-state index contributed by atoms with van der Waals surface area (Å²) in [4.78, 5) is 8.99. The standard InChI is InChI=1S/C14H16N4S/c1-14(2,3)18-12-10(8-16-18)6-5-9-7-15-13(19-4)17-11(9)12/h5-8H,1-4H3. The van der Waals surface area contributed by atoms with Crippen LogP contribution in [0, 0.1) is 0 Å². The molecular weight excluding hydrogens is 256 g/mol. The molecule has 0 aliphatic heterocycles. The Hall–Kier alpha value is -1.62. The topological polar surface area (TPSA) is 43.6 Å². The molecule has 0 aliphatic rings. The molecule has 2 heterocycles. The van der Waals surface area contributed by atoms with E-state index in [4.69, 9.17) is 0 Å². The molecule has 5 heteroatoms. The Morgan fingerprint density at radius 2 is 1.84 bits per heavy atom. The number of rotatable bonds is 1. The summed E-state index contributed by atoms with van der Waals surface area (Å²) in [6.45, 7) is 6.44. The van der Waals surface area contributed by atoms with E-state index in [-0.39, 0.29) is 5.54 Å². The molecule has 0 atom stereocenters. The number of benzene rings is 1. The van der Waals surface area contributed by atoms with E-state index in [1.807, 2.05) is 23.3 Å². The average molecular weight is 272 g/mol. The SMILES string of the molecule is CSc1ncc2ccc3cnn(C(C)(C)C)c3c2n1. The molecule has 0 saturated heterocycles. The summed E-state index contributed by atoms with van der Waals surface area (Å²) in [6, 6.07) is 4.13. The molecule has 1 aromatic carbocycles. The molecule has 19 heavy (non-hydrogen) atoms. The van der Waals surface area contributed by atoms with E-state index < -0.39 is 0 Å². The minimum Gasteiger partial charge on any atom is -0.257 e. The van der Waals surface area contributed by atoms with E-state index in [0.29, 0.717) is 0 Å². The van der Waals surface area contributed by atoms with Gasteiger partial charge in [-0.1, -0.05) is 23.9 Å². The van der Waals surface area contributed by atoms with E-state index in [1.54, 1.807) is 11.8 Å². The Bertz CT molecular complexity index is 755. The van der Waals surface area contributed by atoms with Gasteiger partial charge in [0.25, 0.3) is 0 Å². The van der Waals surface area contributed by atoms with Crippen LogP contribution in [0.3, 0.4) is 0 Å². The van der Waals surface area contributed by atoms with Crippen molar-refractivity contribution in [2.45, 2.75) is 31.5 Å². The normalized spacial score (nSPS) is 12.4. The molecule has 0 spiro atoms. The van der Waals surface area contributed by atoms with E-state index in [2.05, 4.69) is 48.0 Å². The second-order valence-electron chi connectivity index (χ2n) is 5.53. The lowest BCUT2D eigenvalue weighted by molar-refractivity contribution is 0.369. The predicted molar refractivity (Wildman–Crippen MR) is 79.6 cm³/mol. The van der Waals surface area contributed by atoms with Crippen LogP contribution >= 0.6 is 11.8 Å². The van der Waals surface area contributed by atoms with E-state index in [1.165, 1.54) is 0 Å². The first-order chi connectivity index (χ1) is 9.00. The zero-order chi connectivity index (χ0) is 13.6. The van der Waals surface area contributed by atoms with Gasteiger partial charge in [-0.3, -0.25) is 4.68 Å². The minimum absolute atomic E-state index is 0.0689. The minimum atomic E-state index is -0.0689. The summed E-state index contributed by atoms with van der Waals surface area (Å²) in [6.07, 6.45) is 5.77. The van der Waals surface area contributed by atoms with Gasteiger partial charge in [-0.25, -0.2) is 9.97 Å². The molecule has 3 rings (SSSR count). The molecule has 0 saturated carbocycles. The first-order valence-electron chi connectivity index (χ1n) is 6.18. The number of aromatic nitrogens is 4. The molecule has 0 unspecified atom stereocenters. The van der Waals surface area contributed by atoms with Crippen molar-refractivity contribution in [2.24, 2.45) is 0 Å². The van der Waals surface area contributed by atoms with Gasteiger partial charge in [0, 0.05) is 17.0 Å². The Balaban J connectivity index is 2.45. The number of thioether (sulfide) groups is 1. The van der Waals surface area contributed by atoms with Crippen LogP contribution in [0.4, 0.5) is 0 Å². The highest BCUT2D eigenvalue weighted by molar-refractivity contribution is 7.98. The van der Waals surface area contributed by atoms with Crippen LogP contribution in [-0.4, -0.2) is 26.0 Å². The lowest BCUT2D eigenvalue weighted by atomic mass is 10.1. The van der Waals surface area contributed by atoms with Crippen molar-refractivity contribution >= 4 is 33.6 Å². The molecule has 0 bridgehead atoms. The number of nitrogens with zero attached hydrogens (tertiary/aromatic N) is 4. The summed E-state index contributed by atoms with van der Waals surface area (Å²) < 4.78 is 2.04. The Morgan fingerprint density at radius 1 is 1.11 bits per heavy atom. The first-order valence-corrected chi connectivity index (χ1v) is 7.41. The van der Waals surface area contributed by atoms with E-state index >= 15 is 0 Å². The van der Waals surface area contributed by atoms with Crippen molar-refractivity contribution in [3.63, 3.8) is 0 Å². The van der Waals surface area contributed by atoms with E-state index in [0.717, 1.165) is 27.0 Å². The highest BCUT2D eigenvalue weighted by atomic mass is 32.2. The molecule has 4 nitrogen and oxygen atoms in total. The molecular formula is C14H16N4S. The van der Waals surface area contributed by atoms with Gasteiger partial charge in [-0.2, -0.15) is 5.10 Å². The third-order valence-electron chi connectivity index (χ3n) is 3.08. The summed E-state index contributed by atoms with van der Waals surface area (Å²) in [5.74, 6) is 0. The van der Waals surface area contributed by atoms with Crippen molar-refractivity contribution in [1.82, 2.24) is 19.7 Å². The summed E-state index contributed by atoms with van der Waals surface area (Å²) in [5, 5.41) is 7.49. The predicted octanol–water partition coefficient (Wildman–Crippen LogP) is 3.46. The van der Waals surface area contributed by atoms with Gasteiger partial charge in [-0.05, 0) is 27.0 Å². The molecule has 0 aliphatic carbocycles. The monoisotopic (exact) mass is 272 g/mol. The number of hydrogen-bond donors (Lipinski definition) is 0. The van der Waals surface area contributed by atoms with Crippen LogP contribution in [0.5, 0.6) is 0 Å². The highest BCUT2D eigenvalue weighted by Crippen LogP contribution is 2.28. The van der Waals surface area contributed by atoms with Crippen LogP contribution in [0.2, 0.25) is 0 Å². The smallest absolute Gasteiger partial charge is 0.187 e. The lowest BCUT2D eigenvalue weighted by Gasteiger charge is -2.21. The van der Waals surface area contributed by atoms with Crippen molar-refractivity contribution in [2.75, 3.05) is 6.26 Å². The van der Waals surface area contributed by atoms with Crippen molar-refractivity contribution < 1.29 is 0 Å². The van der Waals surface area contributed by atoms with Gasteiger partial charge in [0.05, 0.1) is 17.3 Å². The molecule has 0 amide bonds. The number of hydrogen-bond acceptors (Lipinski definition) is 4. The lowest BCUT2D eigenvalue weighted by Crippen LogP contribution is -2.23. The highest BCUT2D eigenvalue weighted by Gasteiger charge is 2.19. The van der Waals surface area contributed by atoms with Crippen LogP contribution in [-0.2, 0) is 5.54 Å². The molecule has 3 aromatic rings. The van der Waals surface area contributed by atoms with Crippen molar-refractivity contribution in [3.05, 3.63) is 24.5 Å². The van der Waals surface area contributed by atoms with Crippen LogP contribution in [0.15, 0.2) is 29.7 Å². The third kappa shape index (κ3) is 1.98. The van der Waals surface area contributed by atoms with E-state index in [9.17, 15) is 0 Å². The maximum atomic E-state index is 4.66. The Kier molecular flexibility index (Phi) is 2.74. The second kappa shape index (κ2) is 4.20. The zero-order valence-electron chi connectivity index (χ0n) is 11.5.